The second kappa shape index (κ2) is 5.89. The SMILES string of the molecule is Cn1cnc(S(=O)(=O)N2CCCC(C(C)(C)C)CC2)c1Cl. The molecule has 120 valence electrons. The predicted octanol–water partition coefficient (Wildman–Crippen LogP) is 2.91. The second-order valence-electron chi connectivity index (χ2n) is 6.85. The first-order chi connectivity index (χ1) is 9.64. The summed E-state index contributed by atoms with van der Waals surface area (Å²) in [4.78, 5) is 3.96. The second-order valence-corrected chi connectivity index (χ2v) is 9.06. The summed E-state index contributed by atoms with van der Waals surface area (Å²) in [5, 5.41) is 0.146. The van der Waals surface area contributed by atoms with Crippen LogP contribution in [0.15, 0.2) is 11.4 Å². The quantitative estimate of drug-likeness (QED) is 0.836. The Morgan fingerprint density at radius 2 is 1.95 bits per heavy atom. The minimum absolute atomic E-state index is 0.0270. The Bertz CT molecular complexity index is 604. The normalized spacial score (nSPS) is 22.2. The fourth-order valence-electron chi connectivity index (χ4n) is 2.87. The van der Waals surface area contributed by atoms with Crippen LogP contribution in [0.4, 0.5) is 0 Å². The molecule has 1 atom stereocenters. The molecule has 5 nitrogen and oxygen atoms in total. The van der Waals surface area contributed by atoms with Crippen LogP contribution >= 0.6 is 11.6 Å². The van der Waals surface area contributed by atoms with Crippen molar-refractivity contribution in [1.82, 2.24) is 13.9 Å². The Balaban J connectivity index is 2.21. The molecule has 1 aliphatic heterocycles. The zero-order chi connectivity index (χ0) is 15.8. The summed E-state index contributed by atoms with van der Waals surface area (Å²) in [6.07, 6.45) is 4.26. The minimum Gasteiger partial charge on any atom is -0.324 e. The largest absolute Gasteiger partial charge is 0.324 e. The first kappa shape index (κ1) is 16.8. The van der Waals surface area contributed by atoms with E-state index >= 15 is 0 Å². The van der Waals surface area contributed by atoms with E-state index in [1.165, 1.54) is 15.2 Å². The van der Waals surface area contributed by atoms with Crippen molar-refractivity contribution in [2.45, 2.75) is 45.1 Å². The van der Waals surface area contributed by atoms with Crippen molar-refractivity contribution in [3.05, 3.63) is 11.5 Å². The minimum atomic E-state index is -3.59. The highest BCUT2D eigenvalue weighted by molar-refractivity contribution is 7.89. The lowest BCUT2D eigenvalue weighted by Crippen LogP contribution is -2.33. The van der Waals surface area contributed by atoms with E-state index in [1.807, 2.05) is 0 Å². The van der Waals surface area contributed by atoms with Crippen LogP contribution in [-0.2, 0) is 17.1 Å². The van der Waals surface area contributed by atoms with E-state index in [9.17, 15) is 8.42 Å². The highest BCUT2D eigenvalue weighted by Crippen LogP contribution is 2.35. The van der Waals surface area contributed by atoms with Crippen LogP contribution in [-0.4, -0.2) is 35.4 Å². The van der Waals surface area contributed by atoms with Gasteiger partial charge in [-0.1, -0.05) is 32.4 Å². The van der Waals surface area contributed by atoms with E-state index in [-0.39, 0.29) is 15.6 Å². The number of hydrogen-bond acceptors (Lipinski definition) is 3. The predicted molar refractivity (Wildman–Crippen MR) is 83.8 cm³/mol. The molecule has 0 amide bonds. The zero-order valence-electron chi connectivity index (χ0n) is 13.1. The maximum Gasteiger partial charge on any atom is 0.263 e. The first-order valence-electron chi connectivity index (χ1n) is 7.31. The van der Waals surface area contributed by atoms with Crippen molar-refractivity contribution in [3.63, 3.8) is 0 Å². The summed E-state index contributed by atoms with van der Waals surface area (Å²) in [7, 11) is -1.91. The van der Waals surface area contributed by atoms with E-state index in [4.69, 9.17) is 11.6 Å². The number of rotatable bonds is 2. The number of hydrogen-bond donors (Lipinski definition) is 0. The number of imidazole rings is 1. The molecule has 7 heteroatoms. The van der Waals surface area contributed by atoms with Crippen LogP contribution in [0, 0.1) is 11.3 Å². The monoisotopic (exact) mass is 333 g/mol. The maximum absolute atomic E-state index is 12.7. The molecule has 1 aliphatic rings. The van der Waals surface area contributed by atoms with Gasteiger partial charge in [-0.25, -0.2) is 13.4 Å². The van der Waals surface area contributed by atoms with Crippen LogP contribution in [0.5, 0.6) is 0 Å². The van der Waals surface area contributed by atoms with E-state index in [2.05, 4.69) is 25.8 Å². The topological polar surface area (TPSA) is 55.2 Å². The molecule has 0 spiro atoms. The molecule has 1 aromatic rings. The summed E-state index contributed by atoms with van der Waals surface area (Å²) in [6, 6.07) is 0. The molecule has 0 saturated carbocycles. The van der Waals surface area contributed by atoms with Crippen molar-refractivity contribution in [1.29, 1.82) is 0 Å². The number of halogens is 1. The van der Waals surface area contributed by atoms with Gasteiger partial charge in [-0.2, -0.15) is 4.31 Å². The van der Waals surface area contributed by atoms with E-state index in [1.54, 1.807) is 7.05 Å². The lowest BCUT2D eigenvalue weighted by atomic mass is 9.77. The molecule has 0 bridgehead atoms. The molecular weight excluding hydrogens is 310 g/mol. The molecule has 1 aromatic heterocycles. The summed E-state index contributed by atoms with van der Waals surface area (Å²) in [6.45, 7) is 7.74. The van der Waals surface area contributed by atoms with Crippen LogP contribution in [0.25, 0.3) is 0 Å². The molecule has 1 saturated heterocycles. The number of aryl methyl sites for hydroxylation is 1. The van der Waals surface area contributed by atoms with Gasteiger partial charge in [0.05, 0.1) is 6.33 Å². The van der Waals surface area contributed by atoms with Crippen LogP contribution in [0.2, 0.25) is 5.15 Å². The van der Waals surface area contributed by atoms with Gasteiger partial charge in [-0.15, -0.1) is 0 Å². The highest BCUT2D eigenvalue weighted by Gasteiger charge is 2.34. The lowest BCUT2D eigenvalue weighted by molar-refractivity contribution is 0.217. The van der Waals surface area contributed by atoms with Gasteiger partial charge in [0.1, 0.15) is 5.15 Å². The Morgan fingerprint density at radius 1 is 1.29 bits per heavy atom. The molecule has 0 aliphatic carbocycles. The van der Waals surface area contributed by atoms with Gasteiger partial charge in [0.2, 0.25) is 5.03 Å². The van der Waals surface area contributed by atoms with Gasteiger partial charge in [0.25, 0.3) is 10.0 Å². The molecule has 21 heavy (non-hydrogen) atoms. The summed E-state index contributed by atoms with van der Waals surface area (Å²) < 4.78 is 28.4. The Kier molecular flexibility index (Phi) is 4.71. The molecular formula is C14H24ClN3O2S. The fourth-order valence-corrected chi connectivity index (χ4v) is 4.75. The molecule has 2 rings (SSSR count). The first-order valence-corrected chi connectivity index (χ1v) is 9.13. The molecule has 0 N–H and O–H groups in total. The molecule has 0 radical (unpaired) electrons. The third kappa shape index (κ3) is 3.43. The van der Waals surface area contributed by atoms with Crippen molar-refractivity contribution in [3.8, 4) is 0 Å². The third-order valence-corrected chi connectivity index (χ3v) is 6.72. The number of nitrogens with zero attached hydrogens (tertiary/aromatic N) is 3. The fraction of sp³-hybridized carbons (Fsp3) is 0.786. The molecule has 2 heterocycles. The Morgan fingerprint density at radius 3 is 2.48 bits per heavy atom. The summed E-state index contributed by atoms with van der Waals surface area (Å²) in [5.74, 6) is 0.539. The van der Waals surface area contributed by atoms with Crippen molar-refractivity contribution < 1.29 is 8.42 Å². The standard InChI is InChI=1S/C14H24ClN3O2S/c1-14(2,3)11-6-5-8-18(9-7-11)21(19,20)13-12(15)17(4)10-16-13/h10-11H,5-9H2,1-4H3. The van der Waals surface area contributed by atoms with E-state index in [0.717, 1.165) is 19.3 Å². The van der Waals surface area contributed by atoms with E-state index in [0.29, 0.717) is 19.0 Å². The van der Waals surface area contributed by atoms with Gasteiger partial charge in [-0.3, -0.25) is 0 Å². The summed E-state index contributed by atoms with van der Waals surface area (Å²) in [5.41, 5.74) is 0.211. The van der Waals surface area contributed by atoms with Gasteiger partial charge < -0.3 is 4.57 Å². The van der Waals surface area contributed by atoms with Crippen molar-refractivity contribution in [2.24, 2.45) is 18.4 Å². The molecule has 0 aromatic carbocycles. The zero-order valence-corrected chi connectivity index (χ0v) is 14.7. The van der Waals surface area contributed by atoms with Crippen molar-refractivity contribution in [2.75, 3.05) is 13.1 Å². The van der Waals surface area contributed by atoms with E-state index < -0.39 is 10.0 Å². The smallest absolute Gasteiger partial charge is 0.263 e. The maximum atomic E-state index is 12.7. The van der Waals surface area contributed by atoms with Crippen LogP contribution in [0.3, 0.4) is 0 Å². The Labute approximate surface area is 132 Å². The van der Waals surface area contributed by atoms with Gasteiger partial charge >= 0.3 is 0 Å². The van der Waals surface area contributed by atoms with Gasteiger partial charge in [0, 0.05) is 20.1 Å². The van der Waals surface area contributed by atoms with Crippen LogP contribution in [0.1, 0.15) is 40.0 Å². The third-order valence-electron chi connectivity index (χ3n) is 4.33. The van der Waals surface area contributed by atoms with Gasteiger partial charge in [0.15, 0.2) is 0 Å². The molecule has 1 fully saturated rings. The van der Waals surface area contributed by atoms with Crippen LogP contribution < -0.4 is 0 Å². The summed E-state index contributed by atoms with van der Waals surface area (Å²) >= 11 is 6.05. The Hall–Kier alpha value is -0.590. The lowest BCUT2D eigenvalue weighted by Gasteiger charge is -2.29. The van der Waals surface area contributed by atoms with Crippen molar-refractivity contribution >= 4 is 21.6 Å². The number of sulfonamides is 1. The highest BCUT2D eigenvalue weighted by atomic mass is 35.5. The average molecular weight is 334 g/mol. The number of aromatic nitrogens is 2. The van der Waals surface area contributed by atoms with Gasteiger partial charge in [-0.05, 0) is 30.6 Å². The average Bonchev–Trinajstić information content (AvgIpc) is 2.61. The molecule has 1 unspecified atom stereocenters.